The van der Waals surface area contributed by atoms with Crippen LogP contribution in [0.1, 0.15) is 29.0 Å². The normalized spacial score (nSPS) is 18.1. The van der Waals surface area contributed by atoms with E-state index in [2.05, 4.69) is 33.4 Å². The minimum Gasteiger partial charge on any atom is -0.493 e. The second-order valence-corrected chi connectivity index (χ2v) is 7.71. The lowest BCUT2D eigenvalue weighted by Crippen LogP contribution is -2.25. The van der Waals surface area contributed by atoms with E-state index in [0.29, 0.717) is 16.5 Å². The van der Waals surface area contributed by atoms with Gasteiger partial charge in [0.15, 0.2) is 17.7 Å². The standard InChI is InChI=1S/C22H19BrClNO3/c1-26-19-11-14(10-17(23)21(19)27-2)22-25-18-9-8-15(24)12-16(18)20(28-22)13-6-4-3-5-7-13/h3-12,20,22,25H,1-2H3/t20-,22-/m0/s1. The molecule has 2 atom stereocenters. The van der Waals surface area contributed by atoms with Crippen molar-refractivity contribution < 1.29 is 14.2 Å². The number of rotatable bonds is 4. The summed E-state index contributed by atoms with van der Waals surface area (Å²) >= 11 is 9.82. The molecule has 0 saturated carbocycles. The molecule has 28 heavy (non-hydrogen) atoms. The fourth-order valence-corrected chi connectivity index (χ4v) is 4.21. The zero-order valence-electron chi connectivity index (χ0n) is 15.4. The van der Waals surface area contributed by atoms with E-state index in [1.807, 2.05) is 48.5 Å². The lowest BCUT2D eigenvalue weighted by Gasteiger charge is -2.34. The van der Waals surface area contributed by atoms with Crippen LogP contribution in [0.25, 0.3) is 0 Å². The monoisotopic (exact) mass is 459 g/mol. The van der Waals surface area contributed by atoms with Crippen LogP contribution in [0.4, 0.5) is 5.69 Å². The molecule has 4 rings (SSSR count). The van der Waals surface area contributed by atoms with Crippen LogP contribution in [-0.4, -0.2) is 14.2 Å². The number of hydrogen-bond donors (Lipinski definition) is 1. The molecule has 0 unspecified atom stereocenters. The summed E-state index contributed by atoms with van der Waals surface area (Å²) in [5.74, 6) is 1.28. The second kappa shape index (κ2) is 8.03. The number of nitrogens with one attached hydrogen (secondary N) is 1. The molecule has 0 saturated heterocycles. The minimum absolute atomic E-state index is 0.243. The molecule has 0 aromatic heterocycles. The lowest BCUT2D eigenvalue weighted by atomic mass is 9.97. The van der Waals surface area contributed by atoms with Crippen LogP contribution in [0.15, 0.2) is 65.1 Å². The highest BCUT2D eigenvalue weighted by Crippen LogP contribution is 2.45. The summed E-state index contributed by atoms with van der Waals surface area (Å²) in [6, 6.07) is 19.8. The molecule has 1 aliphatic heterocycles. The third kappa shape index (κ3) is 3.58. The van der Waals surface area contributed by atoms with Crippen molar-refractivity contribution in [3.8, 4) is 11.5 Å². The van der Waals surface area contributed by atoms with Gasteiger partial charge in [-0.05, 0) is 51.8 Å². The van der Waals surface area contributed by atoms with E-state index in [9.17, 15) is 0 Å². The summed E-state index contributed by atoms with van der Waals surface area (Å²) in [5, 5.41) is 4.14. The summed E-state index contributed by atoms with van der Waals surface area (Å²) in [5.41, 5.74) is 3.98. The Morgan fingerprint density at radius 1 is 0.964 bits per heavy atom. The largest absolute Gasteiger partial charge is 0.493 e. The van der Waals surface area contributed by atoms with Gasteiger partial charge in [0.1, 0.15) is 6.10 Å². The maximum atomic E-state index is 6.48. The maximum absolute atomic E-state index is 6.48. The van der Waals surface area contributed by atoms with Gasteiger partial charge in [-0.2, -0.15) is 0 Å². The topological polar surface area (TPSA) is 39.7 Å². The van der Waals surface area contributed by atoms with E-state index in [1.165, 1.54) is 0 Å². The van der Waals surface area contributed by atoms with Gasteiger partial charge in [-0.3, -0.25) is 0 Å². The van der Waals surface area contributed by atoms with Crippen molar-refractivity contribution in [2.75, 3.05) is 19.5 Å². The van der Waals surface area contributed by atoms with Gasteiger partial charge >= 0.3 is 0 Å². The zero-order valence-corrected chi connectivity index (χ0v) is 17.8. The first-order valence-corrected chi connectivity index (χ1v) is 9.95. The van der Waals surface area contributed by atoms with Gasteiger partial charge < -0.3 is 19.5 Å². The van der Waals surface area contributed by atoms with Crippen molar-refractivity contribution in [3.05, 3.63) is 86.8 Å². The van der Waals surface area contributed by atoms with E-state index >= 15 is 0 Å². The molecule has 0 aliphatic carbocycles. The summed E-state index contributed by atoms with van der Waals surface area (Å²) in [4.78, 5) is 0. The van der Waals surface area contributed by atoms with Crippen molar-refractivity contribution in [1.29, 1.82) is 0 Å². The van der Waals surface area contributed by atoms with Crippen LogP contribution in [0, 0.1) is 0 Å². The highest BCUT2D eigenvalue weighted by Gasteiger charge is 2.30. The van der Waals surface area contributed by atoms with Crippen LogP contribution < -0.4 is 14.8 Å². The quantitative estimate of drug-likeness (QED) is 0.492. The summed E-state index contributed by atoms with van der Waals surface area (Å²) in [6.45, 7) is 0. The number of methoxy groups -OCH3 is 2. The maximum Gasteiger partial charge on any atom is 0.174 e. The van der Waals surface area contributed by atoms with Gasteiger partial charge in [-0.1, -0.05) is 41.9 Å². The predicted octanol–water partition coefficient (Wildman–Crippen LogP) is 6.35. The van der Waals surface area contributed by atoms with Gasteiger partial charge in [0.05, 0.1) is 18.7 Å². The second-order valence-electron chi connectivity index (χ2n) is 6.42. The molecule has 1 N–H and O–H groups in total. The number of ether oxygens (including phenoxy) is 3. The molecular formula is C22H19BrClNO3. The SMILES string of the molecule is COc1cc([C@H]2Nc3ccc(Cl)cc3[C@H](c3ccccc3)O2)cc(Br)c1OC. The average Bonchev–Trinajstić information content (AvgIpc) is 2.73. The first kappa shape index (κ1) is 19.1. The van der Waals surface area contributed by atoms with Crippen LogP contribution >= 0.6 is 27.5 Å². The third-order valence-electron chi connectivity index (χ3n) is 4.72. The van der Waals surface area contributed by atoms with E-state index < -0.39 is 0 Å². The third-order valence-corrected chi connectivity index (χ3v) is 5.54. The van der Waals surface area contributed by atoms with Gasteiger partial charge in [0, 0.05) is 21.8 Å². The Bertz CT molecular complexity index is 997. The predicted molar refractivity (Wildman–Crippen MR) is 114 cm³/mol. The Balaban J connectivity index is 1.79. The minimum atomic E-state index is -0.366. The summed E-state index contributed by atoms with van der Waals surface area (Å²) in [7, 11) is 3.23. The van der Waals surface area contributed by atoms with Crippen molar-refractivity contribution in [2.45, 2.75) is 12.3 Å². The van der Waals surface area contributed by atoms with Crippen molar-refractivity contribution >= 4 is 33.2 Å². The smallest absolute Gasteiger partial charge is 0.174 e. The molecule has 0 spiro atoms. The molecule has 6 heteroatoms. The Morgan fingerprint density at radius 3 is 2.46 bits per heavy atom. The molecule has 1 aliphatic rings. The van der Waals surface area contributed by atoms with Gasteiger partial charge in [-0.15, -0.1) is 0 Å². The molecular weight excluding hydrogens is 442 g/mol. The van der Waals surface area contributed by atoms with Crippen LogP contribution in [0.5, 0.6) is 11.5 Å². The van der Waals surface area contributed by atoms with Gasteiger partial charge in [0.2, 0.25) is 0 Å². The molecule has 4 nitrogen and oxygen atoms in total. The number of anilines is 1. The van der Waals surface area contributed by atoms with Gasteiger partial charge in [-0.25, -0.2) is 0 Å². The number of hydrogen-bond acceptors (Lipinski definition) is 4. The molecule has 3 aromatic rings. The van der Waals surface area contributed by atoms with Crippen LogP contribution in [-0.2, 0) is 4.74 Å². The first-order chi connectivity index (χ1) is 13.6. The number of halogens is 2. The molecule has 0 fully saturated rings. The molecule has 3 aromatic carbocycles. The number of fused-ring (bicyclic) bond motifs is 1. The van der Waals surface area contributed by atoms with Crippen molar-refractivity contribution in [1.82, 2.24) is 0 Å². The van der Waals surface area contributed by atoms with Crippen molar-refractivity contribution in [2.24, 2.45) is 0 Å². The Labute approximate surface area is 177 Å². The van der Waals surface area contributed by atoms with Crippen LogP contribution in [0.3, 0.4) is 0 Å². The molecule has 144 valence electrons. The highest BCUT2D eigenvalue weighted by atomic mass is 79.9. The molecule has 0 bridgehead atoms. The fourth-order valence-electron chi connectivity index (χ4n) is 3.40. The summed E-state index contributed by atoms with van der Waals surface area (Å²) in [6.07, 6.45) is -0.608. The van der Waals surface area contributed by atoms with Crippen molar-refractivity contribution in [3.63, 3.8) is 0 Å². The fraction of sp³-hybridized carbons (Fsp3) is 0.182. The zero-order chi connectivity index (χ0) is 19.7. The van der Waals surface area contributed by atoms with E-state index in [-0.39, 0.29) is 12.3 Å². The van der Waals surface area contributed by atoms with Gasteiger partial charge in [0.25, 0.3) is 0 Å². The van der Waals surface area contributed by atoms with E-state index in [4.69, 9.17) is 25.8 Å². The lowest BCUT2D eigenvalue weighted by molar-refractivity contribution is 0.0156. The average molecular weight is 461 g/mol. The van der Waals surface area contributed by atoms with E-state index in [1.54, 1.807) is 14.2 Å². The van der Waals surface area contributed by atoms with E-state index in [0.717, 1.165) is 26.9 Å². The molecule has 0 radical (unpaired) electrons. The Kier molecular flexibility index (Phi) is 5.49. The highest BCUT2D eigenvalue weighted by molar-refractivity contribution is 9.10. The Morgan fingerprint density at radius 2 is 1.75 bits per heavy atom. The van der Waals surface area contributed by atoms with Crippen LogP contribution in [0.2, 0.25) is 5.02 Å². The Hall–Kier alpha value is -2.21. The molecule has 0 amide bonds. The molecule has 1 heterocycles. The number of benzene rings is 3. The first-order valence-electron chi connectivity index (χ1n) is 8.78. The summed E-state index contributed by atoms with van der Waals surface area (Å²) < 4.78 is 18.2.